The summed E-state index contributed by atoms with van der Waals surface area (Å²) in [4.78, 5) is 26.0. The van der Waals surface area contributed by atoms with E-state index in [0.717, 1.165) is 0 Å². The minimum atomic E-state index is -1.09. The van der Waals surface area contributed by atoms with Crippen LogP contribution in [0.15, 0.2) is 36.9 Å². The van der Waals surface area contributed by atoms with Crippen LogP contribution in [-0.4, -0.2) is 38.4 Å². The zero-order valence-electron chi connectivity index (χ0n) is 10.4. The highest BCUT2D eigenvalue weighted by atomic mass is 16.5. The maximum Gasteiger partial charge on any atom is 0.341 e. The van der Waals surface area contributed by atoms with Crippen molar-refractivity contribution in [3.8, 4) is 5.75 Å². The number of carbonyl (C=O) groups excluding carboxylic acids is 1. The van der Waals surface area contributed by atoms with Crippen molar-refractivity contribution < 1.29 is 19.4 Å². The monoisotopic (exact) mass is 276 g/mol. The highest BCUT2D eigenvalue weighted by molar-refractivity contribution is 5.92. The largest absolute Gasteiger partial charge is 0.480 e. The molecule has 8 heteroatoms. The van der Waals surface area contributed by atoms with Crippen molar-refractivity contribution in [2.75, 3.05) is 11.9 Å². The Morgan fingerprint density at radius 3 is 2.85 bits per heavy atom. The summed E-state index contributed by atoms with van der Waals surface area (Å²) in [6, 6.07) is 6.59. The maximum absolute atomic E-state index is 11.8. The average Bonchev–Trinajstić information content (AvgIpc) is 2.90. The third-order valence-electron chi connectivity index (χ3n) is 2.28. The minimum Gasteiger partial charge on any atom is -0.480 e. The first-order valence-electron chi connectivity index (χ1n) is 5.71. The van der Waals surface area contributed by atoms with Crippen LogP contribution in [0.1, 0.15) is 0 Å². The molecule has 1 aromatic carbocycles. The van der Waals surface area contributed by atoms with Crippen LogP contribution < -0.4 is 10.1 Å². The molecule has 8 nitrogen and oxygen atoms in total. The number of hydrogen-bond donors (Lipinski definition) is 2. The van der Waals surface area contributed by atoms with Gasteiger partial charge in [0.05, 0.1) is 5.69 Å². The van der Waals surface area contributed by atoms with E-state index in [2.05, 4.69) is 15.4 Å². The molecule has 0 fully saturated rings. The lowest BCUT2D eigenvalue weighted by molar-refractivity contribution is -0.139. The van der Waals surface area contributed by atoms with E-state index in [1.165, 1.54) is 17.3 Å². The number of aromatic nitrogens is 3. The predicted octanol–water partition coefficient (Wildman–Crippen LogP) is 0.380. The zero-order valence-corrected chi connectivity index (χ0v) is 10.4. The number of anilines is 1. The maximum atomic E-state index is 11.8. The SMILES string of the molecule is O=C(O)COc1ccccc1NC(=O)Cn1cncn1. The summed E-state index contributed by atoms with van der Waals surface area (Å²) < 4.78 is 6.46. The fourth-order valence-electron chi connectivity index (χ4n) is 1.49. The van der Waals surface area contributed by atoms with E-state index < -0.39 is 12.6 Å². The number of ether oxygens (including phenoxy) is 1. The molecule has 1 heterocycles. The van der Waals surface area contributed by atoms with Crippen molar-refractivity contribution >= 4 is 17.6 Å². The number of rotatable bonds is 6. The van der Waals surface area contributed by atoms with Crippen molar-refractivity contribution in [1.29, 1.82) is 0 Å². The molecule has 0 radical (unpaired) electrons. The standard InChI is InChI=1S/C12H12N4O4/c17-11(5-16-8-13-7-14-16)15-9-3-1-2-4-10(9)20-6-12(18)19/h1-4,7-8H,5-6H2,(H,15,17)(H,18,19). The van der Waals surface area contributed by atoms with Gasteiger partial charge in [0.15, 0.2) is 6.61 Å². The Bertz CT molecular complexity index is 597. The number of carboxylic acids is 1. The van der Waals surface area contributed by atoms with Crippen molar-refractivity contribution in [2.24, 2.45) is 0 Å². The molecule has 20 heavy (non-hydrogen) atoms. The summed E-state index contributed by atoms with van der Waals surface area (Å²) in [6.45, 7) is -0.469. The van der Waals surface area contributed by atoms with Gasteiger partial charge in [0.25, 0.3) is 0 Å². The Kier molecular flexibility index (Phi) is 4.28. The van der Waals surface area contributed by atoms with Crippen molar-refractivity contribution in [3.63, 3.8) is 0 Å². The van der Waals surface area contributed by atoms with Crippen LogP contribution in [0.2, 0.25) is 0 Å². The minimum absolute atomic E-state index is 0.00721. The van der Waals surface area contributed by atoms with Crippen LogP contribution in [0, 0.1) is 0 Å². The van der Waals surface area contributed by atoms with Gasteiger partial charge in [-0.15, -0.1) is 0 Å². The Morgan fingerprint density at radius 1 is 1.35 bits per heavy atom. The third kappa shape index (κ3) is 3.80. The molecule has 1 aromatic heterocycles. The lowest BCUT2D eigenvalue weighted by atomic mass is 10.3. The van der Waals surface area contributed by atoms with Gasteiger partial charge in [-0.2, -0.15) is 5.10 Å². The second-order valence-corrected chi connectivity index (χ2v) is 3.82. The van der Waals surface area contributed by atoms with Crippen LogP contribution >= 0.6 is 0 Å². The van der Waals surface area contributed by atoms with E-state index >= 15 is 0 Å². The third-order valence-corrected chi connectivity index (χ3v) is 2.28. The second kappa shape index (κ2) is 6.32. The van der Waals surface area contributed by atoms with E-state index in [1.54, 1.807) is 24.3 Å². The quantitative estimate of drug-likeness (QED) is 0.790. The molecule has 0 aliphatic carbocycles. The van der Waals surface area contributed by atoms with Gasteiger partial charge in [-0.25, -0.2) is 14.5 Å². The zero-order chi connectivity index (χ0) is 14.4. The summed E-state index contributed by atoms with van der Waals surface area (Å²) in [6.07, 6.45) is 2.75. The molecule has 0 bridgehead atoms. The normalized spacial score (nSPS) is 10.0. The molecule has 1 amide bonds. The molecule has 2 N–H and O–H groups in total. The molecular weight excluding hydrogens is 264 g/mol. The Hall–Kier alpha value is -2.90. The van der Waals surface area contributed by atoms with Gasteiger partial charge in [0, 0.05) is 0 Å². The van der Waals surface area contributed by atoms with E-state index in [-0.39, 0.29) is 12.5 Å². The lowest BCUT2D eigenvalue weighted by Gasteiger charge is -2.11. The smallest absolute Gasteiger partial charge is 0.341 e. The van der Waals surface area contributed by atoms with Gasteiger partial charge < -0.3 is 15.2 Å². The number of nitrogens with one attached hydrogen (secondary N) is 1. The molecule has 0 aliphatic rings. The number of carbonyl (C=O) groups is 2. The number of carboxylic acid groups (broad SMARTS) is 1. The molecule has 2 aromatic rings. The molecule has 0 unspecified atom stereocenters. The molecule has 0 atom stereocenters. The van der Waals surface area contributed by atoms with Crippen molar-refractivity contribution in [2.45, 2.75) is 6.54 Å². The Labute approximate surface area is 114 Å². The second-order valence-electron chi connectivity index (χ2n) is 3.82. The highest BCUT2D eigenvalue weighted by Gasteiger charge is 2.09. The van der Waals surface area contributed by atoms with E-state index in [0.29, 0.717) is 11.4 Å². The van der Waals surface area contributed by atoms with Gasteiger partial charge in [-0.05, 0) is 12.1 Å². The fourth-order valence-corrected chi connectivity index (χ4v) is 1.49. The topological polar surface area (TPSA) is 106 Å². The van der Waals surface area contributed by atoms with Crippen LogP contribution in [-0.2, 0) is 16.1 Å². The van der Waals surface area contributed by atoms with E-state index in [9.17, 15) is 9.59 Å². The number of hydrogen-bond acceptors (Lipinski definition) is 5. The number of aliphatic carboxylic acids is 1. The van der Waals surface area contributed by atoms with Gasteiger partial charge in [0.2, 0.25) is 5.91 Å². The van der Waals surface area contributed by atoms with Crippen LogP contribution in [0.5, 0.6) is 5.75 Å². The van der Waals surface area contributed by atoms with Crippen molar-refractivity contribution in [3.05, 3.63) is 36.9 Å². The molecule has 0 saturated carbocycles. The van der Waals surface area contributed by atoms with Gasteiger partial charge in [-0.1, -0.05) is 12.1 Å². The summed E-state index contributed by atoms with van der Waals surface area (Å²) in [7, 11) is 0. The number of nitrogens with zero attached hydrogens (tertiary/aromatic N) is 3. The van der Waals surface area contributed by atoms with Crippen LogP contribution in [0.4, 0.5) is 5.69 Å². The number of para-hydroxylation sites is 2. The summed E-state index contributed by atoms with van der Waals surface area (Å²) in [5.74, 6) is -1.11. The number of amides is 1. The lowest BCUT2D eigenvalue weighted by Crippen LogP contribution is -2.20. The van der Waals surface area contributed by atoms with Crippen molar-refractivity contribution in [1.82, 2.24) is 14.8 Å². The highest BCUT2D eigenvalue weighted by Crippen LogP contribution is 2.23. The number of benzene rings is 1. The first-order valence-corrected chi connectivity index (χ1v) is 5.71. The molecule has 0 saturated heterocycles. The Balaban J connectivity index is 2.01. The summed E-state index contributed by atoms with van der Waals surface area (Å²) >= 11 is 0. The molecule has 104 valence electrons. The van der Waals surface area contributed by atoms with Gasteiger partial charge in [-0.3, -0.25) is 4.79 Å². The average molecular weight is 276 g/mol. The van der Waals surface area contributed by atoms with Crippen LogP contribution in [0.3, 0.4) is 0 Å². The summed E-state index contributed by atoms with van der Waals surface area (Å²) in [5, 5.41) is 15.0. The molecule has 0 spiro atoms. The molecule has 0 aliphatic heterocycles. The van der Waals surface area contributed by atoms with Gasteiger partial charge in [0.1, 0.15) is 24.9 Å². The van der Waals surface area contributed by atoms with Crippen LogP contribution in [0.25, 0.3) is 0 Å². The first-order chi connectivity index (χ1) is 9.65. The van der Waals surface area contributed by atoms with E-state index in [4.69, 9.17) is 9.84 Å². The Morgan fingerprint density at radius 2 is 2.15 bits per heavy atom. The van der Waals surface area contributed by atoms with E-state index in [1.807, 2.05) is 0 Å². The fraction of sp³-hybridized carbons (Fsp3) is 0.167. The summed E-state index contributed by atoms with van der Waals surface area (Å²) in [5.41, 5.74) is 0.402. The molecule has 2 rings (SSSR count). The molecular formula is C12H12N4O4. The predicted molar refractivity (Wildman–Crippen MR) is 68.2 cm³/mol. The van der Waals surface area contributed by atoms with Gasteiger partial charge >= 0.3 is 5.97 Å². The first kappa shape index (κ1) is 13.5.